The molecule has 0 spiro atoms. The predicted octanol–water partition coefficient (Wildman–Crippen LogP) is 3.25. The second-order valence-corrected chi connectivity index (χ2v) is 6.66. The molecule has 0 atom stereocenters. The summed E-state index contributed by atoms with van der Waals surface area (Å²) < 4.78 is 23.1. The van der Waals surface area contributed by atoms with E-state index in [0.717, 1.165) is 6.08 Å². The molecular weight excluding hydrogens is 402 g/mol. The number of esters is 1. The van der Waals surface area contributed by atoms with E-state index in [0.29, 0.717) is 24.5 Å². The Morgan fingerprint density at radius 2 is 1.65 bits per heavy atom. The first-order valence-corrected chi connectivity index (χ1v) is 9.96. The molecule has 0 saturated heterocycles. The Kier molecular flexibility index (Phi) is 7.04. The lowest BCUT2D eigenvalue weighted by molar-refractivity contribution is -0.143. The van der Waals surface area contributed by atoms with Gasteiger partial charge in [0.25, 0.3) is 0 Å². The van der Waals surface area contributed by atoms with Gasteiger partial charge >= 0.3 is 5.97 Å². The van der Waals surface area contributed by atoms with Crippen molar-refractivity contribution in [2.75, 3.05) is 27.4 Å². The summed E-state index contributed by atoms with van der Waals surface area (Å²) >= 11 is 0. The van der Waals surface area contributed by atoms with Crippen LogP contribution in [0.15, 0.2) is 42.2 Å². The van der Waals surface area contributed by atoms with E-state index in [9.17, 15) is 14.4 Å². The van der Waals surface area contributed by atoms with Gasteiger partial charge in [0.2, 0.25) is 5.78 Å². The number of hydrogen-bond donors (Lipinski definition) is 0. The fourth-order valence-electron chi connectivity index (χ4n) is 3.67. The summed E-state index contributed by atoms with van der Waals surface area (Å²) in [4.78, 5) is 39.0. The highest BCUT2D eigenvalue weighted by atomic mass is 16.7. The van der Waals surface area contributed by atoms with E-state index >= 15 is 0 Å². The lowest BCUT2D eigenvalue weighted by atomic mass is 9.95. The van der Waals surface area contributed by atoms with Gasteiger partial charge in [-0.15, -0.1) is 0 Å². The van der Waals surface area contributed by atoms with Gasteiger partial charge in [-0.25, -0.2) is 4.79 Å². The summed E-state index contributed by atoms with van der Waals surface area (Å²) in [6.07, 6.45) is 0.401. The Morgan fingerprint density at radius 1 is 1.00 bits per heavy atom. The second kappa shape index (κ2) is 9.72. The van der Waals surface area contributed by atoms with Crippen LogP contribution in [-0.2, 0) is 25.5 Å². The number of carbonyl (C=O) groups excluding carboxylic acids is 3. The first-order chi connectivity index (χ1) is 15.0. The van der Waals surface area contributed by atoms with Crippen LogP contribution in [-0.4, -0.2) is 55.8 Å². The molecule has 8 nitrogen and oxygen atoms in total. The van der Waals surface area contributed by atoms with Gasteiger partial charge in [0.1, 0.15) is 5.69 Å². The van der Waals surface area contributed by atoms with Crippen molar-refractivity contribution < 1.29 is 33.3 Å². The van der Waals surface area contributed by atoms with Crippen molar-refractivity contribution in [2.45, 2.75) is 26.7 Å². The lowest BCUT2D eigenvalue weighted by Gasteiger charge is -2.22. The van der Waals surface area contributed by atoms with Gasteiger partial charge in [-0.2, -0.15) is 0 Å². The van der Waals surface area contributed by atoms with E-state index in [2.05, 4.69) is 0 Å². The van der Waals surface area contributed by atoms with E-state index in [1.165, 1.54) is 14.2 Å². The summed E-state index contributed by atoms with van der Waals surface area (Å²) in [5, 5.41) is 0. The van der Waals surface area contributed by atoms with Gasteiger partial charge < -0.3 is 23.5 Å². The molecule has 31 heavy (non-hydrogen) atoms. The molecule has 0 aliphatic heterocycles. The van der Waals surface area contributed by atoms with Gasteiger partial charge in [-0.1, -0.05) is 30.3 Å². The number of allylic oxidation sites excluding steroid dienone is 2. The molecule has 0 saturated carbocycles. The maximum absolute atomic E-state index is 13.2. The molecular formula is C23H25NO7. The molecule has 0 amide bonds. The minimum atomic E-state index is -0.714. The number of ketones is 2. The quantitative estimate of drug-likeness (QED) is 0.448. The van der Waals surface area contributed by atoms with E-state index in [-0.39, 0.29) is 29.1 Å². The highest BCUT2D eigenvalue weighted by molar-refractivity contribution is 6.27. The molecule has 0 bridgehead atoms. The van der Waals surface area contributed by atoms with E-state index in [1.54, 1.807) is 28.8 Å². The van der Waals surface area contributed by atoms with E-state index in [1.807, 2.05) is 19.9 Å². The van der Waals surface area contributed by atoms with E-state index < -0.39 is 23.8 Å². The number of hydrogen-bond acceptors (Lipinski definition) is 7. The molecule has 8 heteroatoms. The molecule has 0 unspecified atom stereocenters. The molecule has 0 fully saturated rings. The molecule has 1 aliphatic rings. The Bertz CT molecular complexity index is 1010. The van der Waals surface area contributed by atoms with Crippen LogP contribution < -0.4 is 0 Å². The van der Waals surface area contributed by atoms with Crippen LogP contribution >= 0.6 is 0 Å². The monoisotopic (exact) mass is 427 g/mol. The summed E-state index contributed by atoms with van der Waals surface area (Å²) in [5.41, 5.74) is 1.09. The van der Waals surface area contributed by atoms with Crippen LogP contribution in [0, 0.1) is 0 Å². The highest BCUT2D eigenvalue weighted by Gasteiger charge is 2.39. The number of nitrogens with zero attached hydrogens (tertiary/aromatic N) is 1. The number of carbonyl (C=O) groups is 3. The third kappa shape index (κ3) is 4.17. The molecule has 1 aromatic carbocycles. The average molecular weight is 427 g/mol. The van der Waals surface area contributed by atoms with Crippen LogP contribution in [0.2, 0.25) is 0 Å². The number of Topliss-reactive ketones (excluding diaryl/α,β-unsaturated/α-hetero) is 1. The topological polar surface area (TPSA) is 93.1 Å². The van der Waals surface area contributed by atoms with Gasteiger partial charge in [-0.3, -0.25) is 9.59 Å². The largest absolute Gasteiger partial charge is 0.492 e. The summed E-state index contributed by atoms with van der Waals surface area (Å²) in [6, 6.07) is 9.02. The van der Waals surface area contributed by atoms with Crippen LogP contribution in [0.25, 0.3) is 11.3 Å². The number of ether oxygens (including phenoxy) is 4. The zero-order chi connectivity index (χ0) is 22.5. The molecule has 1 heterocycles. The zero-order valence-corrected chi connectivity index (χ0v) is 18.0. The van der Waals surface area contributed by atoms with Crippen molar-refractivity contribution >= 4 is 17.5 Å². The molecule has 1 aromatic heterocycles. The third-order valence-electron chi connectivity index (χ3n) is 4.90. The number of benzene rings is 1. The third-order valence-corrected chi connectivity index (χ3v) is 4.90. The van der Waals surface area contributed by atoms with Crippen molar-refractivity contribution in [3.05, 3.63) is 59.0 Å². The number of aromatic nitrogens is 1. The van der Waals surface area contributed by atoms with Crippen molar-refractivity contribution in [2.24, 2.45) is 0 Å². The van der Waals surface area contributed by atoms with Crippen LogP contribution in [0.1, 0.15) is 45.1 Å². The Hall–Kier alpha value is -3.23. The normalized spacial score (nSPS) is 13.3. The molecule has 164 valence electrons. The zero-order valence-electron chi connectivity index (χ0n) is 18.0. The number of fused-ring (bicyclic) bond motifs is 1. The summed E-state index contributed by atoms with van der Waals surface area (Å²) in [7, 11) is 2.55. The van der Waals surface area contributed by atoms with Crippen LogP contribution in [0.3, 0.4) is 0 Å². The molecule has 1 aliphatic carbocycles. The van der Waals surface area contributed by atoms with Gasteiger partial charge in [0, 0.05) is 19.3 Å². The van der Waals surface area contributed by atoms with Crippen LogP contribution in [0.5, 0.6) is 0 Å². The number of rotatable bonds is 9. The predicted molar refractivity (Wildman–Crippen MR) is 112 cm³/mol. The fraction of sp³-hybridized carbons (Fsp3) is 0.348. The van der Waals surface area contributed by atoms with Gasteiger partial charge in [0.05, 0.1) is 37.6 Å². The fourth-order valence-corrected chi connectivity index (χ4v) is 3.67. The van der Waals surface area contributed by atoms with Gasteiger partial charge in [-0.05, 0) is 19.4 Å². The number of methoxy groups -OCH3 is 2. The average Bonchev–Trinajstić information content (AvgIpc) is 3.12. The first-order valence-electron chi connectivity index (χ1n) is 9.96. The van der Waals surface area contributed by atoms with Crippen LogP contribution in [0.4, 0.5) is 0 Å². The lowest BCUT2D eigenvalue weighted by Crippen LogP contribution is -2.28. The maximum atomic E-state index is 13.2. The Morgan fingerprint density at radius 3 is 2.19 bits per heavy atom. The first kappa shape index (κ1) is 22.5. The smallest absolute Gasteiger partial charge is 0.340 e. The minimum absolute atomic E-state index is 0.0109. The van der Waals surface area contributed by atoms with Crippen molar-refractivity contribution in [3.8, 4) is 11.3 Å². The molecule has 0 N–H and O–H groups in total. The standard InChI is InChI=1S/C23H25NO7/c1-5-30-17(31-6-2)13-24-20(14-10-8-7-9-11-14)19(23(27)29-4)18-15(25)12-16(28-3)22(26)21(18)24/h7-12,17H,5-6,13H2,1-4H3. The summed E-state index contributed by atoms with van der Waals surface area (Å²) in [6.45, 7) is 4.51. The second-order valence-electron chi connectivity index (χ2n) is 6.66. The van der Waals surface area contributed by atoms with E-state index in [4.69, 9.17) is 18.9 Å². The molecule has 3 rings (SSSR count). The van der Waals surface area contributed by atoms with Crippen molar-refractivity contribution in [3.63, 3.8) is 0 Å². The van der Waals surface area contributed by atoms with Crippen molar-refractivity contribution in [1.29, 1.82) is 0 Å². The highest BCUT2D eigenvalue weighted by Crippen LogP contribution is 2.37. The molecule has 2 aromatic rings. The molecule has 0 radical (unpaired) electrons. The summed E-state index contributed by atoms with van der Waals surface area (Å²) in [5.74, 6) is -1.83. The Labute approximate surface area is 180 Å². The maximum Gasteiger partial charge on any atom is 0.340 e. The SMILES string of the molecule is CCOC(Cn1c2c(c(C(=O)OC)c1-c1ccccc1)C(=O)C=C(OC)C2=O)OCC. The Balaban J connectivity index is 2.35. The minimum Gasteiger partial charge on any atom is -0.492 e. The van der Waals surface area contributed by atoms with Crippen molar-refractivity contribution in [1.82, 2.24) is 4.57 Å². The van der Waals surface area contributed by atoms with Gasteiger partial charge in [0.15, 0.2) is 17.8 Å².